The van der Waals surface area contributed by atoms with Gasteiger partial charge in [-0.05, 0) is 29.4 Å². The molecular formula is C13H18N4OS2. The van der Waals surface area contributed by atoms with Gasteiger partial charge in [0.2, 0.25) is 0 Å². The second kappa shape index (κ2) is 6.71. The molecule has 0 radical (unpaired) electrons. The lowest BCUT2D eigenvalue weighted by molar-refractivity contribution is 0.0965. The molecule has 7 heteroatoms. The van der Waals surface area contributed by atoms with E-state index >= 15 is 0 Å². The topological polar surface area (TPSA) is 80.0 Å². The van der Waals surface area contributed by atoms with Crippen LogP contribution in [0.1, 0.15) is 41.0 Å². The van der Waals surface area contributed by atoms with Crippen LogP contribution in [0.5, 0.6) is 0 Å². The van der Waals surface area contributed by atoms with Gasteiger partial charge in [-0.2, -0.15) is 4.37 Å². The van der Waals surface area contributed by atoms with Gasteiger partial charge in [0.05, 0.1) is 6.04 Å². The van der Waals surface area contributed by atoms with E-state index in [2.05, 4.69) is 33.4 Å². The third kappa shape index (κ3) is 3.10. The number of carbonyl (C=O) groups is 1. The number of thiophene rings is 1. The fraction of sp³-hybridized carbons (Fsp3) is 0.385. The minimum absolute atomic E-state index is 0.184. The Morgan fingerprint density at radius 3 is 2.95 bits per heavy atom. The van der Waals surface area contributed by atoms with Gasteiger partial charge in [-0.25, -0.2) is 0 Å². The zero-order valence-corrected chi connectivity index (χ0v) is 13.1. The number of nitrogens with two attached hydrogens (primary N) is 1. The maximum Gasteiger partial charge on any atom is 0.257 e. The first-order valence-electron chi connectivity index (χ1n) is 6.44. The summed E-state index contributed by atoms with van der Waals surface area (Å²) in [6.45, 7) is 2.14. The molecule has 0 aromatic carbocycles. The van der Waals surface area contributed by atoms with Gasteiger partial charge in [0.25, 0.3) is 5.91 Å². The smallest absolute Gasteiger partial charge is 0.257 e. The first kappa shape index (κ1) is 14.8. The molecule has 5 nitrogen and oxygen atoms in total. The Balaban J connectivity index is 2.25. The van der Waals surface area contributed by atoms with E-state index in [1.54, 1.807) is 18.4 Å². The van der Waals surface area contributed by atoms with Crippen molar-refractivity contribution in [1.29, 1.82) is 0 Å². The Bertz CT molecular complexity index is 565. The Kier molecular flexibility index (Phi) is 4.97. The molecule has 0 aliphatic rings. The number of hydrogen-bond donors (Lipinski definition) is 3. The van der Waals surface area contributed by atoms with E-state index < -0.39 is 0 Å². The molecule has 2 aromatic heterocycles. The Morgan fingerprint density at radius 1 is 1.55 bits per heavy atom. The van der Waals surface area contributed by atoms with Crippen LogP contribution < -0.4 is 16.4 Å². The molecule has 4 N–H and O–H groups in total. The summed E-state index contributed by atoms with van der Waals surface area (Å²) < 4.78 is 4.08. The zero-order valence-electron chi connectivity index (χ0n) is 11.5. The van der Waals surface area contributed by atoms with E-state index in [4.69, 9.17) is 5.73 Å². The predicted octanol–water partition coefficient (Wildman–Crippen LogP) is 3.10. The van der Waals surface area contributed by atoms with Crippen LogP contribution in [0.4, 0.5) is 10.8 Å². The summed E-state index contributed by atoms with van der Waals surface area (Å²) >= 11 is 2.94. The van der Waals surface area contributed by atoms with E-state index in [1.807, 2.05) is 6.07 Å². The lowest BCUT2D eigenvalue weighted by Gasteiger charge is -2.17. The summed E-state index contributed by atoms with van der Waals surface area (Å²) in [5.74, 6) is 0.0680. The van der Waals surface area contributed by atoms with Gasteiger partial charge in [-0.1, -0.05) is 19.4 Å². The van der Waals surface area contributed by atoms with Gasteiger partial charge in [0.15, 0.2) is 5.82 Å². The van der Waals surface area contributed by atoms with Crippen molar-refractivity contribution in [2.75, 3.05) is 18.1 Å². The van der Waals surface area contributed by atoms with Crippen LogP contribution in [0, 0.1) is 0 Å². The summed E-state index contributed by atoms with van der Waals surface area (Å²) in [7, 11) is 1.59. The number of hydrogen-bond acceptors (Lipinski definition) is 6. The molecule has 0 bridgehead atoms. The third-order valence-corrected chi connectivity index (χ3v) is 4.72. The standard InChI is InChI=1S/C13H18N4OS2/c1-3-5-8(9-6-4-7-19-9)16-13-10(12(18)15-2)11(14)17-20-13/h4,6-8,16H,3,5H2,1-2H3,(H2,14,17)(H,15,18). The van der Waals surface area contributed by atoms with Crippen LogP contribution in [0.2, 0.25) is 0 Å². The molecule has 0 aliphatic heterocycles. The molecule has 0 aliphatic carbocycles. The van der Waals surface area contributed by atoms with Crippen LogP contribution in [0.25, 0.3) is 0 Å². The van der Waals surface area contributed by atoms with Gasteiger partial charge in [-0.15, -0.1) is 11.3 Å². The van der Waals surface area contributed by atoms with Crippen LogP contribution in [-0.2, 0) is 0 Å². The second-order valence-corrected chi connectivity index (χ2v) is 6.10. The number of carbonyl (C=O) groups excluding carboxylic acids is 1. The van der Waals surface area contributed by atoms with Gasteiger partial charge in [0, 0.05) is 11.9 Å². The fourth-order valence-corrected chi connectivity index (χ4v) is 3.54. The lowest BCUT2D eigenvalue weighted by Crippen LogP contribution is -2.20. The Labute approximate surface area is 126 Å². The molecule has 1 atom stereocenters. The highest BCUT2D eigenvalue weighted by molar-refractivity contribution is 7.11. The highest BCUT2D eigenvalue weighted by atomic mass is 32.1. The van der Waals surface area contributed by atoms with Crippen LogP contribution in [-0.4, -0.2) is 17.3 Å². The van der Waals surface area contributed by atoms with Crippen LogP contribution in [0.15, 0.2) is 17.5 Å². The molecule has 1 amide bonds. The van der Waals surface area contributed by atoms with Crippen molar-refractivity contribution in [1.82, 2.24) is 9.69 Å². The number of amides is 1. The number of nitrogens with zero attached hydrogens (tertiary/aromatic N) is 1. The maximum atomic E-state index is 11.9. The first-order valence-corrected chi connectivity index (χ1v) is 8.09. The highest BCUT2D eigenvalue weighted by Gasteiger charge is 2.21. The third-order valence-electron chi connectivity index (χ3n) is 2.94. The molecule has 2 heterocycles. The monoisotopic (exact) mass is 310 g/mol. The summed E-state index contributed by atoms with van der Waals surface area (Å²) in [4.78, 5) is 13.1. The van der Waals surface area contributed by atoms with Crippen molar-refractivity contribution < 1.29 is 4.79 Å². The van der Waals surface area contributed by atoms with Crippen molar-refractivity contribution in [3.63, 3.8) is 0 Å². The largest absolute Gasteiger partial charge is 0.382 e. The van der Waals surface area contributed by atoms with Crippen molar-refractivity contribution in [3.05, 3.63) is 28.0 Å². The quantitative estimate of drug-likeness (QED) is 0.766. The number of anilines is 2. The van der Waals surface area contributed by atoms with Gasteiger partial charge in [-0.3, -0.25) is 4.79 Å². The van der Waals surface area contributed by atoms with Crippen LogP contribution >= 0.6 is 22.9 Å². The highest BCUT2D eigenvalue weighted by Crippen LogP contribution is 2.33. The van der Waals surface area contributed by atoms with Crippen molar-refractivity contribution in [3.8, 4) is 0 Å². The number of rotatable bonds is 6. The second-order valence-electron chi connectivity index (χ2n) is 4.35. The van der Waals surface area contributed by atoms with E-state index in [9.17, 15) is 4.79 Å². The number of aromatic nitrogens is 1. The molecule has 0 saturated heterocycles. The minimum Gasteiger partial charge on any atom is -0.382 e. The molecule has 108 valence electrons. The molecule has 2 aromatic rings. The predicted molar refractivity (Wildman–Crippen MR) is 85.5 cm³/mol. The van der Waals surface area contributed by atoms with E-state index in [-0.39, 0.29) is 17.8 Å². The molecular weight excluding hydrogens is 292 g/mol. The molecule has 0 fully saturated rings. The van der Waals surface area contributed by atoms with E-state index in [1.165, 1.54) is 16.4 Å². The minimum atomic E-state index is -0.208. The van der Waals surface area contributed by atoms with Crippen molar-refractivity contribution in [2.24, 2.45) is 0 Å². The van der Waals surface area contributed by atoms with E-state index in [0.717, 1.165) is 17.8 Å². The van der Waals surface area contributed by atoms with Crippen molar-refractivity contribution >= 4 is 39.6 Å². The SMILES string of the molecule is CCCC(Nc1snc(N)c1C(=O)NC)c1cccs1. The number of nitrogen functional groups attached to an aromatic ring is 1. The average Bonchev–Trinajstić information content (AvgIpc) is 3.08. The van der Waals surface area contributed by atoms with Gasteiger partial charge in [0.1, 0.15) is 10.6 Å². The molecule has 0 saturated carbocycles. The maximum absolute atomic E-state index is 11.9. The van der Waals surface area contributed by atoms with Gasteiger partial charge < -0.3 is 16.4 Å². The molecule has 20 heavy (non-hydrogen) atoms. The fourth-order valence-electron chi connectivity index (χ4n) is 1.97. The number of nitrogens with one attached hydrogen (secondary N) is 2. The molecule has 0 spiro atoms. The first-order chi connectivity index (χ1) is 9.67. The van der Waals surface area contributed by atoms with E-state index in [0.29, 0.717) is 5.56 Å². The van der Waals surface area contributed by atoms with Crippen molar-refractivity contribution in [2.45, 2.75) is 25.8 Å². The summed E-state index contributed by atoms with van der Waals surface area (Å²) in [5, 5.41) is 8.80. The molecule has 2 rings (SSSR count). The molecule has 1 unspecified atom stereocenters. The summed E-state index contributed by atoms with van der Waals surface area (Å²) in [6, 6.07) is 4.32. The summed E-state index contributed by atoms with van der Waals surface area (Å²) in [5.41, 5.74) is 6.23. The summed E-state index contributed by atoms with van der Waals surface area (Å²) in [6.07, 6.45) is 2.05. The van der Waals surface area contributed by atoms with Gasteiger partial charge >= 0.3 is 0 Å². The Hall–Kier alpha value is -1.60. The Morgan fingerprint density at radius 2 is 2.35 bits per heavy atom. The van der Waals surface area contributed by atoms with Crippen LogP contribution in [0.3, 0.4) is 0 Å². The average molecular weight is 310 g/mol. The normalized spacial score (nSPS) is 12.1. The lowest BCUT2D eigenvalue weighted by atomic mass is 10.1. The zero-order chi connectivity index (χ0) is 14.5.